The highest BCUT2D eigenvalue weighted by atomic mass is 15.6. The Kier molecular flexibility index (Phi) is 3.68. The lowest BCUT2D eigenvalue weighted by Gasteiger charge is -2.30. The number of benzene rings is 3. The van der Waals surface area contributed by atoms with Gasteiger partial charge in [0.15, 0.2) is 0 Å². The smallest absolute Gasteiger partial charge is 0.365 e. The summed E-state index contributed by atoms with van der Waals surface area (Å²) in [6.45, 7) is 0. The molecule has 3 nitrogen and oxygen atoms in total. The van der Waals surface area contributed by atoms with Crippen molar-refractivity contribution in [1.82, 2.24) is 0 Å². The fourth-order valence-corrected chi connectivity index (χ4v) is 2.97. The number of para-hydroxylation sites is 3. The summed E-state index contributed by atoms with van der Waals surface area (Å²) in [6, 6.07) is 31.7. The first kappa shape index (κ1) is 13.8. The van der Waals surface area contributed by atoms with Crippen molar-refractivity contribution in [3.8, 4) is 0 Å². The lowest BCUT2D eigenvalue weighted by Crippen LogP contribution is -2.39. The van der Waals surface area contributed by atoms with Gasteiger partial charge in [-0.2, -0.15) is 0 Å². The zero-order valence-electron chi connectivity index (χ0n) is 12.9. The average Bonchev–Trinajstić information content (AvgIpc) is 3.09. The van der Waals surface area contributed by atoms with E-state index in [2.05, 4.69) is 106 Å². The molecule has 0 radical (unpaired) electrons. The van der Waals surface area contributed by atoms with Crippen LogP contribution in [0.25, 0.3) is 0 Å². The van der Waals surface area contributed by atoms with E-state index >= 15 is 0 Å². The summed E-state index contributed by atoms with van der Waals surface area (Å²) in [5.41, 5.74) is 3.65. The van der Waals surface area contributed by atoms with Crippen molar-refractivity contribution in [3.63, 3.8) is 0 Å². The van der Waals surface area contributed by atoms with Crippen molar-refractivity contribution in [2.45, 2.75) is 0 Å². The van der Waals surface area contributed by atoms with Gasteiger partial charge in [0.25, 0.3) is 0 Å². The largest absolute Gasteiger partial charge is 0.427 e. The first-order chi connectivity index (χ1) is 11.4. The molecular formula is C18H17B2N3. The van der Waals surface area contributed by atoms with E-state index in [9.17, 15) is 0 Å². The van der Waals surface area contributed by atoms with Gasteiger partial charge in [-0.25, -0.2) is 0 Å². The van der Waals surface area contributed by atoms with Gasteiger partial charge in [0.1, 0.15) is 0 Å². The molecule has 0 aromatic heterocycles. The van der Waals surface area contributed by atoms with E-state index in [0.717, 1.165) is 15.1 Å². The minimum absolute atomic E-state index is 0.836. The van der Waals surface area contributed by atoms with Crippen LogP contribution in [0, 0.1) is 0 Å². The van der Waals surface area contributed by atoms with Crippen molar-refractivity contribution in [1.29, 1.82) is 0 Å². The monoisotopic (exact) mass is 297 g/mol. The third kappa shape index (κ3) is 2.78. The van der Waals surface area contributed by atoms with Gasteiger partial charge in [-0.05, 0) is 36.4 Å². The number of anilines is 3. The third-order valence-corrected chi connectivity index (χ3v) is 4.13. The molecule has 1 heterocycles. The van der Waals surface area contributed by atoms with E-state index in [4.69, 9.17) is 0 Å². The summed E-state index contributed by atoms with van der Waals surface area (Å²) < 4.78 is 2.38. The molecular weight excluding hydrogens is 280 g/mol. The summed E-state index contributed by atoms with van der Waals surface area (Å²) in [6.07, 6.45) is 0. The first-order valence-corrected chi connectivity index (χ1v) is 7.87. The predicted octanol–water partition coefficient (Wildman–Crippen LogP) is 2.97. The van der Waals surface area contributed by atoms with Gasteiger partial charge in [-0.15, -0.1) is 0 Å². The Morgan fingerprint density at radius 2 is 0.783 bits per heavy atom. The van der Waals surface area contributed by atoms with Crippen LogP contribution in [-0.2, 0) is 0 Å². The van der Waals surface area contributed by atoms with Gasteiger partial charge >= 0.3 is 15.1 Å². The van der Waals surface area contributed by atoms with E-state index in [-0.39, 0.29) is 0 Å². The molecule has 0 spiro atoms. The Morgan fingerprint density at radius 3 is 1.17 bits per heavy atom. The zero-order chi connectivity index (χ0) is 15.5. The predicted molar refractivity (Wildman–Crippen MR) is 101 cm³/mol. The second-order valence-corrected chi connectivity index (χ2v) is 5.63. The van der Waals surface area contributed by atoms with Crippen LogP contribution in [0.1, 0.15) is 0 Å². The van der Waals surface area contributed by atoms with Crippen LogP contribution in [0.2, 0.25) is 0 Å². The molecule has 5 heteroatoms. The van der Waals surface area contributed by atoms with Crippen molar-refractivity contribution in [2.24, 2.45) is 0 Å². The van der Waals surface area contributed by atoms with E-state index in [1.807, 2.05) is 0 Å². The van der Waals surface area contributed by atoms with Crippen molar-refractivity contribution < 1.29 is 0 Å². The number of hydrogen-bond acceptors (Lipinski definition) is 3. The molecule has 0 unspecified atom stereocenters. The molecule has 0 amide bonds. The van der Waals surface area contributed by atoms with E-state index < -0.39 is 0 Å². The Bertz CT molecular complexity index is 705. The Morgan fingerprint density at radius 1 is 0.435 bits per heavy atom. The normalized spacial score (nSPS) is 13.7. The number of nitrogens with zero attached hydrogens (tertiary/aromatic N) is 3. The second kappa shape index (κ2) is 6.13. The number of rotatable bonds is 3. The maximum atomic E-state index is 2.38. The van der Waals surface area contributed by atoms with Gasteiger partial charge in [0.2, 0.25) is 0 Å². The van der Waals surface area contributed by atoms with Crippen LogP contribution < -0.4 is 14.6 Å². The molecule has 23 heavy (non-hydrogen) atoms. The standard InChI is InChI=1S/C18H17B2N3/c1-4-10-16(11-5-1)21-19-22(17-12-6-2-7-13-17)23(20-21)18-14-8-3-9-15-18/h1-15,19-20H. The minimum Gasteiger partial charge on any atom is -0.427 e. The van der Waals surface area contributed by atoms with Gasteiger partial charge in [0, 0.05) is 17.1 Å². The summed E-state index contributed by atoms with van der Waals surface area (Å²) in [7, 11) is 1.67. The van der Waals surface area contributed by atoms with Crippen molar-refractivity contribution in [3.05, 3.63) is 91.0 Å². The van der Waals surface area contributed by atoms with Gasteiger partial charge in [0.05, 0.1) is 0 Å². The Balaban J connectivity index is 1.70. The van der Waals surface area contributed by atoms with Crippen molar-refractivity contribution >= 4 is 32.2 Å². The number of hydrogen-bond donors (Lipinski definition) is 0. The van der Waals surface area contributed by atoms with Gasteiger partial charge < -0.3 is 14.6 Å². The lowest BCUT2D eigenvalue weighted by atomic mass is 9.96. The average molecular weight is 297 g/mol. The quantitative estimate of drug-likeness (QED) is 0.688. The molecule has 0 atom stereocenters. The van der Waals surface area contributed by atoms with Crippen LogP contribution in [0.15, 0.2) is 91.0 Å². The summed E-state index contributed by atoms with van der Waals surface area (Å²) in [4.78, 5) is 4.64. The van der Waals surface area contributed by atoms with Crippen LogP contribution in [-0.4, -0.2) is 15.1 Å². The first-order valence-electron chi connectivity index (χ1n) is 7.87. The van der Waals surface area contributed by atoms with E-state index in [1.54, 1.807) is 0 Å². The molecule has 4 rings (SSSR count). The molecule has 1 aliphatic heterocycles. The topological polar surface area (TPSA) is 9.72 Å². The maximum absolute atomic E-state index is 2.38. The highest BCUT2D eigenvalue weighted by molar-refractivity contribution is 6.74. The third-order valence-electron chi connectivity index (χ3n) is 4.13. The fraction of sp³-hybridized carbons (Fsp3) is 0. The summed E-state index contributed by atoms with van der Waals surface area (Å²) in [5.74, 6) is 0. The maximum Gasteiger partial charge on any atom is 0.365 e. The lowest BCUT2D eigenvalue weighted by molar-refractivity contribution is 1.14. The molecule has 110 valence electrons. The molecule has 0 bridgehead atoms. The van der Waals surface area contributed by atoms with Gasteiger partial charge in [-0.3, -0.25) is 0 Å². The molecule has 1 aliphatic rings. The van der Waals surface area contributed by atoms with Crippen LogP contribution in [0.3, 0.4) is 0 Å². The fourth-order valence-electron chi connectivity index (χ4n) is 2.97. The van der Waals surface area contributed by atoms with Crippen LogP contribution in [0.4, 0.5) is 17.1 Å². The molecule has 0 saturated carbocycles. The molecule has 3 aromatic carbocycles. The van der Waals surface area contributed by atoms with Crippen LogP contribution >= 0.6 is 0 Å². The Labute approximate surface area is 138 Å². The van der Waals surface area contributed by atoms with E-state index in [0.29, 0.717) is 0 Å². The summed E-state index contributed by atoms with van der Waals surface area (Å²) >= 11 is 0. The van der Waals surface area contributed by atoms with Gasteiger partial charge in [-0.1, -0.05) is 54.6 Å². The second-order valence-electron chi connectivity index (χ2n) is 5.63. The van der Waals surface area contributed by atoms with E-state index in [1.165, 1.54) is 17.1 Å². The number of hydrazine groups is 1. The molecule has 0 N–H and O–H groups in total. The summed E-state index contributed by atoms with van der Waals surface area (Å²) in [5, 5.41) is 0. The molecule has 1 saturated heterocycles. The zero-order valence-corrected chi connectivity index (χ0v) is 12.9. The molecule has 3 aromatic rings. The van der Waals surface area contributed by atoms with Crippen LogP contribution in [0.5, 0.6) is 0 Å². The highest BCUT2D eigenvalue weighted by Gasteiger charge is 2.32. The molecule has 1 fully saturated rings. The minimum atomic E-state index is 0.836. The highest BCUT2D eigenvalue weighted by Crippen LogP contribution is 2.27. The molecule has 0 aliphatic carbocycles. The SMILES string of the molecule is B1N(c2ccccc2)BN(c2ccccc2)N1c1ccccc1. The van der Waals surface area contributed by atoms with Crippen molar-refractivity contribution in [2.75, 3.05) is 14.6 Å². The Hall–Kier alpha value is -2.81.